The molecular weight excluding hydrogens is 238 g/mol. The minimum atomic E-state index is 0.525. The van der Waals surface area contributed by atoms with Gasteiger partial charge in [-0.2, -0.15) is 0 Å². The van der Waals surface area contributed by atoms with Gasteiger partial charge in [-0.15, -0.1) is 0 Å². The van der Waals surface area contributed by atoms with Crippen LogP contribution in [0.5, 0.6) is 5.75 Å². The average Bonchev–Trinajstić information content (AvgIpc) is 3.16. The predicted molar refractivity (Wildman–Crippen MR) is 77.0 cm³/mol. The van der Waals surface area contributed by atoms with Crippen molar-refractivity contribution in [2.24, 2.45) is 4.99 Å². The fraction of sp³-hybridized carbons (Fsp3) is 0.400. The monoisotopic (exact) mass is 257 g/mol. The molecule has 1 fully saturated rings. The molecule has 0 saturated heterocycles. The third-order valence-corrected chi connectivity index (χ3v) is 3.64. The lowest BCUT2D eigenvalue weighted by molar-refractivity contribution is 0.415. The van der Waals surface area contributed by atoms with E-state index in [9.17, 15) is 0 Å². The molecule has 0 atom stereocenters. The summed E-state index contributed by atoms with van der Waals surface area (Å²) in [5, 5.41) is 0. The Morgan fingerprint density at radius 2 is 2.11 bits per heavy atom. The second kappa shape index (κ2) is 5.34. The van der Waals surface area contributed by atoms with E-state index in [4.69, 9.17) is 4.74 Å². The number of aromatic amines is 2. The van der Waals surface area contributed by atoms with Gasteiger partial charge in [0.25, 0.3) is 0 Å². The van der Waals surface area contributed by atoms with Gasteiger partial charge in [-0.05, 0) is 25.0 Å². The van der Waals surface area contributed by atoms with Crippen molar-refractivity contribution in [3.63, 3.8) is 0 Å². The van der Waals surface area contributed by atoms with Crippen LogP contribution in [0.2, 0.25) is 0 Å². The third kappa shape index (κ3) is 2.72. The Bertz CT molecular complexity index is 561. The largest absolute Gasteiger partial charge is 0.495 e. The molecule has 0 radical (unpaired) electrons. The first-order valence-electron chi connectivity index (χ1n) is 6.80. The van der Waals surface area contributed by atoms with Gasteiger partial charge in [0.1, 0.15) is 5.75 Å². The molecule has 0 unspecified atom stereocenters. The summed E-state index contributed by atoms with van der Waals surface area (Å²) >= 11 is 0. The van der Waals surface area contributed by atoms with E-state index < -0.39 is 0 Å². The van der Waals surface area contributed by atoms with Crippen LogP contribution in [0.3, 0.4) is 0 Å². The lowest BCUT2D eigenvalue weighted by Crippen LogP contribution is -1.96. The van der Waals surface area contributed by atoms with Crippen LogP contribution in [0.1, 0.15) is 31.4 Å². The SMILES string of the molecule is COc1c[nH]c(-c2ccc(C=NC3CCCC3)[nH]2)c1. The van der Waals surface area contributed by atoms with Gasteiger partial charge in [0.05, 0.1) is 30.2 Å². The first kappa shape index (κ1) is 12.1. The molecule has 0 bridgehead atoms. The Morgan fingerprint density at radius 3 is 2.84 bits per heavy atom. The molecule has 1 aliphatic carbocycles. The quantitative estimate of drug-likeness (QED) is 0.810. The maximum Gasteiger partial charge on any atom is 0.136 e. The van der Waals surface area contributed by atoms with Crippen LogP contribution >= 0.6 is 0 Å². The molecule has 2 heterocycles. The highest BCUT2D eigenvalue weighted by Gasteiger charge is 2.12. The Kier molecular flexibility index (Phi) is 3.40. The van der Waals surface area contributed by atoms with Gasteiger partial charge >= 0.3 is 0 Å². The second-order valence-corrected chi connectivity index (χ2v) is 5.00. The van der Waals surface area contributed by atoms with Crippen LogP contribution in [-0.4, -0.2) is 29.3 Å². The van der Waals surface area contributed by atoms with Crippen molar-refractivity contribution in [3.05, 3.63) is 30.1 Å². The summed E-state index contributed by atoms with van der Waals surface area (Å²) in [4.78, 5) is 11.2. The molecule has 100 valence electrons. The van der Waals surface area contributed by atoms with Gasteiger partial charge in [-0.25, -0.2) is 0 Å². The third-order valence-electron chi connectivity index (χ3n) is 3.64. The van der Waals surface area contributed by atoms with E-state index in [0.29, 0.717) is 6.04 Å². The molecule has 19 heavy (non-hydrogen) atoms. The van der Waals surface area contributed by atoms with Crippen LogP contribution in [-0.2, 0) is 0 Å². The second-order valence-electron chi connectivity index (χ2n) is 5.00. The number of hydrogen-bond donors (Lipinski definition) is 2. The molecule has 1 aliphatic rings. The Hall–Kier alpha value is -1.97. The van der Waals surface area contributed by atoms with E-state index in [1.165, 1.54) is 25.7 Å². The minimum Gasteiger partial charge on any atom is -0.495 e. The molecule has 1 saturated carbocycles. The number of nitrogens with zero attached hydrogens (tertiary/aromatic N) is 1. The number of methoxy groups -OCH3 is 1. The highest BCUT2D eigenvalue weighted by molar-refractivity contribution is 5.79. The standard InChI is InChI=1S/C15H19N3O/c1-19-13-8-15(17-10-13)14-7-6-12(18-14)9-16-11-4-2-3-5-11/h6-11,17-18H,2-5H2,1H3. The molecule has 2 N–H and O–H groups in total. The summed E-state index contributed by atoms with van der Waals surface area (Å²) in [7, 11) is 1.67. The van der Waals surface area contributed by atoms with Crippen LogP contribution in [0.25, 0.3) is 11.4 Å². The first-order valence-corrected chi connectivity index (χ1v) is 6.80. The normalized spacial score (nSPS) is 16.5. The Morgan fingerprint density at radius 1 is 1.26 bits per heavy atom. The minimum absolute atomic E-state index is 0.525. The molecule has 0 amide bonds. The van der Waals surface area contributed by atoms with Crippen molar-refractivity contribution < 1.29 is 4.74 Å². The summed E-state index contributed by atoms with van der Waals surface area (Å²) in [5.41, 5.74) is 3.13. The van der Waals surface area contributed by atoms with Gasteiger partial charge in [0, 0.05) is 18.5 Å². The first-order chi connectivity index (χ1) is 9.35. The number of nitrogens with one attached hydrogen (secondary N) is 2. The fourth-order valence-corrected chi connectivity index (χ4v) is 2.53. The van der Waals surface area contributed by atoms with Gasteiger partial charge in [-0.3, -0.25) is 4.99 Å². The summed E-state index contributed by atoms with van der Waals surface area (Å²) < 4.78 is 5.17. The smallest absolute Gasteiger partial charge is 0.136 e. The lowest BCUT2D eigenvalue weighted by Gasteiger charge is -1.99. The number of aromatic nitrogens is 2. The summed E-state index contributed by atoms with van der Waals surface area (Å²) in [6, 6.07) is 6.61. The van der Waals surface area contributed by atoms with Crippen LogP contribution in [0.4, 0.5) is 0 Å². The zero-order valence-electron chi connectivity index (χ0n) is 11.1. The van der Waals surface area contributed by atoms with E-state index in [2.05, 4.69) is 27.1 Å². The van der Waals surface area contributed by atoms with Crippen LogP contribution in [0.15, 0.2) is 29.4 Å². The van der Waals surface area contributed by atoms with Crippen molar-refractivity contribution in [3.8, 4) is 17.1 Å². The maximum absolute atomic E-state index is 5.17. The molecule has 2 aromatic rings. The molecule has 4 nitrogen and oxygen atoms in total. The van der Waals surface area contributed by atoms with Crippen molar-refractivity contribution in [1.82, 2.24) is 9.97 Å². The van der Waals surface area contributed by atoms with Crippen molar-refractivity contribution >= 4 is 6.21 Å². The van der Waals surface area contributed by atoms with Crippen LogP contribution in [0, 0.1) is 0 Å². The summed E-state index contributed by atoms with van der Waals surface area (Å²) in [6.07, 6.45) is 8.92. The number of aliphatic imine (C=N–C) groups is 1. The number of hydrogen-bond acceptors (Lipinski definition) is 2. The lowest BCUT2D eigenvalue weighted by atomic mass is 10.3. The van der Waals surface area contributed by atoms with Gasteiger partial charge in [0.2, 0.25) is 0 Å². The van der Waals surface area contributed by atoms with E-state index in [1.54, 1.807) is 7.11 Å². The van der Waals surface area contributed by atoms with Crippen LogP contribution < -0.4 is 4.74 Å². The van der Waals surface area contributed by atoms with E-state index >= 15 is 0 Å². The fourth-order valence-electron chi connectivity index (χ4n) is 2.53. The molecule has 0 aliphatic heterocycles. The van der Waals surface area contributed by atoms with Gasteiger partial charge < -0.3 is 14.7 Å². The molecule has 0 spiro atoms. The number of H-pyrrole nitrogens is 2. The predicted octanol–water partition coefficient (Wildman–Crippen LogP) is 3.38. The highest BCUT2D eigenvalue weighted by Crippen LogP contribution is 2.23. The summed E-state index contributed by atoms with van der Waals surface area (Å²) in [5.74, 6) is 0.839. The number of rotatable bonds is 4. The van der Waals surface area contributed by atoms with Crippen molar-refractivity contribution in [2.45, 2.75) is 31.7 Å². The van der Waals surface area contributed by atoms with Gasteiger partial charge in [0.15, 0.2) is 0 Å². The van der Waals surface area contributed by atoms with Crippen molar-refractivity contribution in [1.29, 1.82) is 0 Å². The molecule has 0 aromatic carbocycles. The zero-order valence-corrected chi connectivity index (χ0v) is 11.1. The Labute approximate surface area is 112 Å². The van der Waals surface area contributed by atoms with Crippen molar-refractivity contribution in [2.75, 3.05) is 7.11 Å². The topological polar surface area (TPSA) is 53.2 Å². The zero-order chi connectivity index (χ0) is 13.1. The van der Waals surface area contributed by atoms with E-state index in [0.717, 1.165) is 22.8 Å². The van der Waals surface area contributed by atoms with Gasteiger partial charge in [-0.1, -0.05) is 12.8 Å². The Balaban J connectivity index is 1.71. The number of ether oxygens (including phenoxy) is 1. The van der Waals surface area contributed by atoms with E-state index in [1.807, 2.05) is 18.5 Å². The molecular formula is C15H19N3O. The average molecular weight is 257 g/mol. The molecule has 2 aromatic heterocycles. The molecule has 3 rings (SSSR count). The highest BCUT2D eigenvalue weighted by atomic mass is 16.5. The molecule has 4 heteroatoms. The summed E-state index contributed by atoms with van der Waals surface area (Å²) in [6.45, 7) is 0. The van der Waals surface area contributed by atoms with E-state index in [-0.39, 0.29) is 0 Å². The maximum atomic E-state index is 5.17.